The number of aromatic amines is 1. The van der Waals surface area contributed by atoms with Gasteiger partial charge in [0, 0.05) is 51.9 Å². The summed E-state index contributed by atoms with van der Waals surface area (Å²) in [7, 11) is 0. The maximum absolute atomic E-state index is 13.1. The number of aryl methyl sites for hydroxylation is 1. The zero-order chi connectivity index (χ0) is 24.7. The molecule has 0 spiro atoms. The molecule has 0 fully saturated rings. The van der Waals surface area contributed by atoms with Crippen LogP contribution in [0.5, 0.6) is 11.5 Å². The van der Waals surface area contributed by atoms with Gasteiger partial charge in [0.15, 0.2) is 0 Å². The van der Waals surface area contributed by atoms with Crippen LogP contribution in [0.1, 0.15) is 31.4 Å². The highest BCUT2D eigenvalue weighted by Crippen LogP contribution is 2.39. The third-order valence-electron chi connectivity index (χ3n) is 6.77. The maximum atomic E-state index is 13.1. The number of amides is 2. The molecule has 4 N–H and O–H groups in total. The van der Waals surface area contributed by atoms with E-state index in [4.69, 9.17) is 0 Å². The van der Waals surface area contributed by atoms with Crippen LogP contribution in [0.4, 0.5) is 0 Å². The van der Waals surface area contributed by atoms with E-state index in [2.05, 4.69) is 33.6 Å². The first kappa shape index (κ1) is 22.7. The summed E-state index contributed by atoms with van der Waals surface area (Å²) >= 11 is 0. The largest absolute Gasteiger partial charge is 0.508 e. The predicted octanol–water partition coefficient (Wildman–Crippen LogP) is 3.83. The topological polar surface area (TPSA) is 111 Å². The molecule has 180 valence electrons. The zero-order valence-electron chi connectivity index (χ0n) is 19.8. The SMILES string of the molecule is CCN(CC)CCCn1cc(C2=C(c3c[nH]c4ccc(O)cc34)C(=O)NC2=O)c2cc(O)ccc21. The number of hydrogen-bond acceptors (Lipinski definition) is 5. The van der Waals surface area contributed by atoms with E-state index in [0.717, 1.165) is 43.6 Å². The summed E-state index contributed by atoms with van der Waals surface area (Å²) in [5.74, 6) is -0.814. The fourth-order valence-electron chi connectivity index (χ4n) is 4.96. The van der Waals surface area contributed by atoms with E-state index < -0.39 is 11.8 Å². The molecule has 35 heavy (non-hydrogen) atoms. The van der Waals surface area contributed by atoms with Gasteiger partial charge >= 0.3 is 0 Å². The number of benzene rings is 2. The number of nitrogens with one attached hydrogen (secondary N) is 2. The summed E-state index contributed by atoms with van der Waals surface area (Å²) in [6.07, 6.45) is 4.50. The molecule has 0 radical (unpaired) electrons. The normalized spacial score (nSPS) is 14.1. The number of carbonyl (C=O) groups excluding carboxylic acids is 2. The standard InChI is InChI=1S/C27H28N4O4/c1-3-30(4-2)10-5-11-31-15-21(19-13-17(33)7-9-23(19)31)25-24(26(34)29-27(25)35)20-14-28-22-8-6-16(32)12-18(20)22/h6-9,12-15,28,32-33H,3-5,10-11H2,1-2H3,(H,29,34,35). The fourth-order valence-corrected chi connectivity index (χ4v) is 4.96. The Labute approximate surface area is 202 Å². The fraction of sp³-hybridized carbons (Fsp3) is 0.259. The minimum atomic E-state index is -0.489. The summed E-state index contributed by atoms with van der Waals surface area (Å²) in [4.78, 5) is 31.5. The molecule has 5 rings (SSSR count). The number of aromatic hydroxyl groups is 2. The molecule has 1 aliphatic heterocycles. The van der Waals surface area contributed by atoms with Crippen molar-refractivity contribution in [2.24, 2.45) is 0 Å². The molecule has 8 nitrogen and oxygen atoms in total. The molecule has 0 saturated carbocycles. The molecule has 8 heteroatoms. The average Bonchev–Trinajstić information content (AvgIpc) is 3.49. The van der Waals surface area contributed by atoms with Crippen molar-refractivity contribution in [1.82, 2.24) is 19.8 Å². The van der Waals surface area contributed by atoms with E-state index in [-0.39, 0.29) is 22.6 Å². The Balaban J connectivity index is 1.66. The number of phenols is 2. The molecule has 3 heterocycles. The number of fused-ring (bicyclic) bond motifs is 2. The number of phenolic OH excluding ortho intramolecular Hbond substituents is 2. The van der Waals surface area contributed by atoms with Crippen molar-refractivity contribution in [2.45, 2.75) is 26.8 Å². The maximum Gasteiger partial charge on any atom is 0.259 e. The van der Waals surface area contributed by atoms with Crippen molar-refractivity contribution < 1.29 is 19.8 Å². The molecule has 0 atom stereocenters. The van der Waals surface area contributed by atoms with Gasteiger partial charge in [0.1, 0.15) is 11.5 Å². The van der Waals surface area contributed by atoms with E-state index in [1.807, 2.05) is 12.3 Å². The van der Waals surface area contributed by atoms with Gasteiger partial charge in [-0.15, -0.1) is 0 Å². The number of aromatic nitrogens is 2. The van der Waals surface area contributed by atoms with E-state index >= 15 is 0 Å². The number of H-pyrrole nitrogens is 1. The van der Waals surface area contributed by atoms with Crippen LogP contribution < -0.4 is 5.32 Å². The summed E-state index contributed by atoms with van der Waals surface area (Å²) in [5.41, 5.74) is 3.26. The predicted molar refractivity (Wildman–Crippen MR) is 136 cm³/mol. The van der Waals surface area contributed by atoms with Crippen LogP contribution in [0.2, 0.25) is 0 Å². The highest BCUT2D eigenvalue weighted by Gasteiger charge is 2.35. The number of nitrogens with zero attached hydrogens (tertiary/aromatic N) is 2. The molecule has 0 aliphatic carbocycles. The highest BCUT2D eigenvalue weighted by atomic mass is 16.3. The van der Waals surface area contributed by atoms with E-state index in [9.17, 15) is 19.8 Å². The number of imide groups is 1. The minimum absolute atomic E-state index is 0.0694. The summed E-state index contributed by atoms with van der Waals surface area (Å²) < 4.78 is 2.08. The van der Waals surface area contributed by atoms with Crippen molar-refractivity contribution >= 4 is 44.8 Å². The molecular weight excluding hydrogens is 444 g/mol. The van der Waals surface area contributed by atoms with Gasteiger partial charge in [-0.3, -0.25) is 14.9 Å². The Hall–Kier alpha value is -4.04. The Morgan fingerprint density at radius 1 is 0.886 bits per heavy atom. The quantitative estimate of drug-likeness (QED) is 0.291. The Morgan fingerprint density at radius 3 is 2.26 bits per heavy atom. The average molecular weight is 473 g/mol. The lowest BCUT2D eigenvalue weighted by Gasteiger charge is -2.18. The molecule has 0 unspecified atom stereocenters. The van der Waals surface area contributed by atoms with E-state index in [1.165, 1.54) is 0 Å². The molecule has 1 aliphatic rings. The first-order valence-corrected chi connectivity index (χ1v) is 11.9. The van der Waals surface area contributed by atoms with E-state index in [0.29, 0.717) is 21.9 Å². The third kappa shape index (κ3) is 3.95. The Bertz CT molecular complexity index is 1490. The molecule has 2 aromatic heterocycles. The van der Waals surface area contributed by atoms with Crippen LogP contribution in [-0.4, -0.2) is 56.1 Å². The molecule has 2 aromatic carbocycles. The van der Waals surface area contributed by atoms with Crippen molar-refractivity contribution in [3.8, 4) is 11.5 Å². The number of carbonyl (C=O) groups is 2. The Morgan fingerprint density at radius 2 is 1.54 bits per heavy atom. The second-order valence-corrected chi connectivity index (χ2v) is 8.78. The van der Waals surface area contributed by atoms with Gasteiger partial charge in [-0.25, -0.2) is 0 Å². The van der Waals surface area contributed by atoms with Crippen LogP contribution in [0.15, 0.2) is 48.8 Å². The lowest BCUT2D eigenvalue weighted by molar-refractivity contribution is -0.122. The lowest BCUT2D eigenvalue weighted by atomic mass is 9.95. The van der Waals surface area contributed by atoms with Crippen molar-refractivity contribution in [1.29, 1.82) is 0 Å². The van der Waals surface area contributed by atoms with Crippen LogP contribution in [-0.2, 0) is 16.1 Å². The Kier molecular flexibility index (Phi) is 5.82. The van der Waals surface area contributed by atoms with Crippen LogP contribution in [0.25, 0.3) is 33.0 Å². The van der Waals surface area contributed by atoms with Gasteiger partial charge < -0.3 is 24.7 Å². The van der Waals surface area contributed by atoms with Crippen LogP contribution >= 0.6 is 0 Å². The monoisotopic (exact) mass is 472 g/mol. The van der Waals surface area contributed by atoms with Crippen molar-refractivity contribution in [3.05, 3.63) is 59.9 Å². The molecule has 2 amide bonds. The smallest absolute Gasteiger partial charge is 0.259 e. The molecular formula is C27H28N4O4. The zero-order valence-corrected chi connectivity index (χ0v) is 19.8. The van der Waals surface area contributed by atoms with Gasteiger partial charge in [-0.1, -0.05) is 13.8 Å². The lowest BCUT2D eigenvalue weighted by Crippen LogP contribution is -2.24. The second kappa shape index (κ2) is 8.96. The summed E-state index contributed by atoms with van der Waals surface area (Å²) in [5, 5.41) is 24.0. The van der Waals surface area contributed by atoms with Gasteiger partial charge in [0.2, 0.25) is 0 Å². The number of hydrogen-bond donors (Lipinski definition) is 4. The number of rotatable bonds is 8. The first-order chi connectivity index (χ1) is 16.9. The van der Waals surface area contributed by atoms with Gasteiger partial charge in [0.05, 0.1) is 11.1 Å². The molecule has 0 bridgehead atoms. The van der Waals surface area contributed by atoms with Gasteiger partial charge in [-0.05, 0) is 62.5 Å². The summed E-state index contributed by atoms with van der Waals surface area (Å²) in [6.45, 7) is 7.94. The molecule has 0 saturated heterocycles. The van der Waals surface area contributed by atoms with Crippen LogP contribution in [0.3, 0.4) is 0 Å². The van der Waals surface area contributed by atoms with Gasteiger partial charge in [-0.2, -0.15) is 0 Å². The van der Waals surface area contributed by atoms with Gasteiger partial charge in [0.25, 0.3) is 11.8 Å². The summed E-state index contributed by atoms with van der Waals surface area (Å²) in [6, 6.07) is 9.96. The third-order valence-corrected chi connectivity index (χ3v) is 6.77. The van der Waals surface area contributed by atoms with Crippen molar-refractivity contribution in [3.63, 3.8) is 0 Å². The first-order valence-electron chi connectivity index (χ1n) is 11.9. The van der Waals surface area contributed by atoms with Crippen molar-refractivity contribution in [2.75, 3.05) is 19.6 Å². The highest BCUT2D eigenvalue weighted by molar-refractivity contribution is 6.50. The van der Waals surface area contributed by atoms with Crippen LogP contribution in [0, 0.1) is 0 Å². The van der Waals surface area contributed by atoms with E-state index in [1.54, 1.807) is 36.5 Å². The second-order valence-electron chi connectivity index (χ2n) is 8.78. The minimum Gasteiger partial charge on any atom is -0.508 e. The molecule has 4 aromatic rings.